The first-order chi connectivity index (χ1) is 23.1. The lowest BCUT2D eigenvalue weighted by atomic mass is 9.95. The van der Waals surface area contributed by atoms with Crippen molar-refractivity contribution in [1.82, 2.24) is 5.32 Å². The van der Waals surface area contributed by atoms with Crippen LogP contribution in [-0.2, 0) is 16.0 Å². The molecule has 2 amide bonds. The number of hydrogen-bond donors (Lipinski definition) is 3. The molecule has 0 bridgehead atoms. The van der Waals surface area contributed by atoms with Gasteiger partial charge < -0.3 is 44.4 Å². The van der Waals surface area contributed by atoms with Gasteiger partial charge >= 0.3 is 0 Å². The van der Waals surface area contributed by atoms with Crippen molar-refractivity contribution in [3.05, 3.63) is 57.7 Å². The normalized spacial score (nSPS) is 13.9. The maximum absolute atomic E-state index is 13.9. The molecule has 0 fully saturated rings. The predicted octanol–water partition coefficient (Wildman–Crippen LogP) is 5.06. The fraction of sp³-hybridized carbons (Fsp3) is 0.400. The quantitative estimate of drug-likeness (QED) is 0.210. The second kappa shape index (κ2) is 16.4. The van der Waals surface area contributed by atoms with Crippen LogP contribution in [0.2, 0.25) is 0 Å². The van der Waals surface area contributed by atoms with Crippen LogP contribution in [0.5, 0.6) is 34.5 Å². The Morgan fingerprint density at radius 2 is 1.48 bits per heavy atom. The first-order valence-corrected chi connectivity index (χ1v) is 16.7. The number of nitrogens with one attached hydrogen (secondary N) is 3. The van der Waals surface area contributed by atoms with Gasteiger partial charge in [0.1, 0.15) is 6.04 Å². The van der Waals surface area contributed by atoms with E-state index in [0.29, 0.717) is 76.3 Å². The number of carbonyl (C=O) groups is 2. The first-order valence-electron chi connectivity index (χ1n) is 15.3. The number of rotatable bonds is 14. The summed E-state index contributed by atoms with van der Waals surface area (Å²) in [7, 11) is 9.13. The fourth-order valence-corrected chi connectivity index (χ4v) is 6.37. The van der Waals surface area contributed by atoms with Crippen LogP contribution >= 0.6 is 11.8 Å². The molecule has 0 aliphatic heterocycles. The molecule has 3 aromatic rings. The SMILES string of the molecule is COc1cc(NC(=O)[C@H](CCSC)Nc2ccc3c(cc2=O)[C@H](NC(C)=O)CCc2cc(OC)c(OC)c(OC)c2-3)cc(OC)c1OC. The smallest absolute Gasteiger partial charge is 0.246 e. The number of hydrogen-bond acceptors (Lipinski definition) is 11. The highest BCUT2D eigenvalue weighted by Crippen LogP contribution is 2.50. The largest absolute Gasteiger partial charge is 0.493 e. The van der Waals surface area contributed by atoms with Crippen LogP contribution in [0.3, 0.4) is 0 Å². The van der Waals surface area contributed by atoms with Crippen LogP contribution in [0.4, 0.5) is 11.4 Å². The number of carbonyl (C=O) groups excluding carboxylic acids is 2. The van der Waals surface area contributed by atoms with Gasteiger partial charge in [-0.05, 0) is 66.2 Å². The minimum absolute atomic E-state index is 0.219. The predicted molar refractivity (Wildman–Crippen MR) is 188 cm³/mol. The van der Waals surface area contributed by atoms with Gasteiger partial charge in [0.15, 0.2) is 23.0 Å². The molecular weight excluding hydrogens is 638 g/mol. The minimum Gasteiger partial charge on any atom is -0.493 e. The van der Waals surface area contributed by atoms with E-state index in [0.717, 1.165) is 11.1 Å². The molecule has 0 saturated carbocycles. The number of methoxy groups -OCH3 is 6. The van der Waals surface area contributed by atoms with E-state index in [1.165, 1.54) is 41.4 Å². The Morgan fingerprint density at radius 3 is 2.04 bits per heavy atom. The Hall–Kier alpha value is -4.78. The van der Waals surface area contributed by atoms with Crippen LogP contribution in [0.1, 0.15) is 36.9 Å². The molecular formula is C35H43N3O9S. The van der Waals surface area contributed by atoms with Gasteiger partial charge in [-0.15, -0.1) is 0 Å². The lowest BCUT2D eigenvalue weighted by Gasteiger charge is -2.20. The van der Waals surface area contributed by atoms with Crippen molar-refractivity contribution in [2.24, 2.45) is 0 Å². The topological polar surface area (TPSA) is 143 Å². The summed E-state index contributed by atoms with van der Waals surface area (Å²) in [6.45, 7) is 1.45. The van der Waals surface area contributed by atoms with E-state index in [4.69, 9.17) is 28.4 Å². The average Bonchev–Trinajstić information content (AvgIpc) is 3.32. The number of benzene rings is 2. The van der Waals surface area contributed by atoms with Crippen molar-refractivity contribution in [3.8, 4) is 45.6 Å². The zero-order chi connectivity index (χ0) is 35.0. The molecule has 0 saturated heterocycles. The third kappa shape index (κ3) is 7.67. The number of aryl methyl sites for hydroxylation is 1. The summed E-state index contributed by atoms with van der Waals surface area (Å²) in [5, 5.41) is 9.14. The van der Waals surface area contributed by atoms with Gasteiger partial charge in [-0.2, -0.15) is 11.8 Å². The Labute approximate surface area is 284 Å². The summed E-state index contributed by atoms with van der Waals surface area (Å²) in [6.07, 6.45) is 3.48. The summed E-state index contributed by atoms with van der Waals surface area (Å²) >= 11 is 1.58. The number of ether oxygens (including phenoxy) is 6. The zero-order valence-electron chi connectivity index (χ0n) is 28.5. The molecule has 13 heteroatoms. The molecule has 1 aliphatic carbocycles. The standard InChI is InChI=1S/C35H43N3O9S/c1-19(39)36-24-11-9-20-15-28(42-2)33(46-6)34(47-7)31(20)22-10-12-25(27(40)18-23(22)24)38-26(13-14-48-8)35(41)37-21-16-29(43-3)32(45-5)30(17-21)44-4/h10,12,15-18,24,26H,9,11,13-14H2,1-8H3,(H,36,39)(H,37,41)(H,38,40)/t24-,26+/m1/s1. The van der Waals surface area contributed by atoms with E-state index in [9.17, 15) is 14.4 Å². The van der Waals surface area contributed by atoms with Crippen molar-refractivity contribution < 1.29 is 38.0 Å². The Balaban J connectivity index is 1.81. The third-order valence-electron chi connectivity index (χ3n) is 8.11. The third-order valence-corrected chi connectivity index (χ3v) is 8.75. The highest BCUT2D eigenvalue weighted by Gasteiger charge is 2.30. The molecule has 48 heavy (non-hydrogen) atoms. The number of amides is 2. The van der Waals surface area contributed by atoms with Crippen LogP contribution in [0.15, 0.2) is 41.2 Å². The zero-order valence-corrected chi connectivity index (χ0v) is 29.3. The molecule has 3 aromatic carbocycles. The van der Waals surface area contributed by atoms with E-state index >= 15 is 0 Å². The van der Waals surface area contributed by atoms with E-state index in [2.05, 4.69) is 16.0 Å². The maximum atomic E-state index is 13.9. The summed E-state index contributed by atoms with van der Waals surface area (Å²) in [6, 6.07) is 8.93. The molecule has 258 valence electrons. The molecule has 4 rings (SSSR count). The van der Waals surface area contributed by atoms with E-state index in [1.807, 2.05) is 18.4 Å². The highest BCUT2D eigenvalue weighted by molar-refractivity contribution is 7.98. The van der Waals surface area contributed by atoms with Crippen molar-refractivity contribution in [1.29, 1.82) is 0 Å². The summed E-state index contributed by atoms with van der Waals surface area (Å²) in [5.74, 6) is 2.62. The molecule has 12 nitrogen and oxygen atoms in total. The number of fused-ring (bicyclic) bond motifs is 3. The average molecular weight is 682 g/mol. The fourth-order valence-electron chi connectivity index (χ4n) is 5.90. The van der Waals surface area contributed by atoms with Crippen LogP contribution < -0.4 is 49.8 Å². The number of anilines is 2. The summed E-state index contributed by atoms with van der Waals surface area (Å²) < 4.78 is 33.5. The Kier molecular flexibility index (Phi) is 12.3. The molecule has 0 heterocycles. The van der Waals surface area contributed by atoms with Gasteiger partial charge in [-0.3, -0.25) is 14.4 Å². The van der Waals surface area contributed by atoms with Crippen LogP contribution in [0, 0.1) is 0 Å². The van der Waals surface area contributed by atoms with Gasteiger partial charge in [0.05, 0.1) is 54.4 Å². The molecule has 0 unspecified atom stereocenters. The molecule has 1 aliphatic rings. The van der Waals surface area contributed by atoms with Crippen molar-refractivity contribution >= 4 is 35.0 Å². The van der Waals surface area contributed by atoms with E-state index in [-0.39, 0.29) is 22.9 Å². The van der Waals surface area contributed by atoms with Crippen LogP contribution in [-0.4, -0.2) is 72.5 Å². The van der Waals surface area contributed by atoms with Crippen molar-refractivity contribution in [2.75, 3.05) is 65.3 Å². The second-order valence-corrected chi connectivity index (χ2v) is 12.0. The van der Waals surface area contributed by atoms with Crippen molar-refractivity contribution in [2.45, 2.75) is 38.3 Å². The van der Waals surface area contributed by atoms with E-state index < -0.39 is 12.1 Å². The maximum Gasteiger partial charge on any atom is 0.246 e. The monoisotopic (exact) mass is 681 g/mol. The van der Waals surface area contributed by atoms with Gasteiger partial charge in [0.2, 0.25) is 28.7 Å². The molecule has 3 N–H and O–H groups in total. The lowest BCUT2D eigenvalue weighted by Crippen LogP contribution is -2.36. The van der Waals surface area contributed by atoms with Gasteiger partial charge in [0.25, 0.3) is 0 Å². The van der Waals surface area contributed by atoms with Gasteiger partial charge in [-0.1, -0.05) is 6.07 Å². The first kappa shape index (κ1) is 36.1. The van der Waals surface area contributed by atoms with Gasteiger partial charge in [-0.25, -0.2) is 0 Å². The summed E-state index contributed by atoms with van der Waals surface area (Å²) in [4.78, 5) is 40.0. The van der Waals surface area contributed by atoms with E-state index in [1.54, 1.807) is 44.2 Å². The Bertz CT molecular complexity index is 1690. The van der Waals surface area contributed by atoms with Gasteiger partial charge in [0, 0.05) is 30.3 Å². The lowest BCUT2D eigenvalue weighted by molar-refractivity contribution is -0.120. The number of thioether (sulfide) groups is 1. The minimum atomic E-state index is -0.774. The molecule has 2 atom stereocenters. The second-order valence-electron chi connectivity index (χ2n) is 11.0. The molecule has 0 aromatic heterocycles. The Morgan fingerprint density at radius 1 is 0.854 bits per heavy atom. The molecule has 0 radical (unpaired) electrons. The highest BCUT2D eigenvalue weighted by atomic mass is 32.2. The molecule has 0 spiro atoms. The summed E-state index contributed by atoms with van der Waals surface area (Å²) in [5.41, 5.74) is 3.26. The van der Waals surface area contributed by atoms with Crippen molar-refractivity contribution in [3.63, 3.8) is 0 Å². The van der Waals surface area contributed by atoms with Crippen LogP contribution in [0.25, 0.3) is 11.1 Å².